The first kappa shape index (κ1) is 12.9. The minimum Gasteiger partial charge on any atom is -0.396 e. The summed E-state index contributed by atoms with van der Waals surface area (Å²) in [6.07, 6.45) is 0.843. The highest BCUT2D eigenvalue weighted by Gasteiger charge is 2.23. The molecule has 1 rings (SSSR count). The Kier molecular flexibility index (Phi) is 5.53. The summed E-state index contributed by atoms with van der Waals surface area (Å²) in [4.78, 5) is 4.89. The van der Waals surface area contributed by atoms with E-state index in [-0.39, 0.29) is 6.61 Å². The van der Waals surface area contributed by atoms with Gasteiger partial charge in [0.1, 0.15) is 0 Å². The van der Waals surface area contributed by atoms with Crippen LogP contribution in [0.5, 0.6) is 0 Å². The SMILES string of the molecule is CNC(CCO)CN1CCN(C)CC1C. The van der Waals surface area contributed by atoms with Crippen LogP contribution in [-0.2, 0) is 0 Å². The lowest BCUT2D eigenvalue weighted by Gasteiger charge is -2.39. The van der Waals surface area contributed by atoms with E-state index < -0.39 is 0 Å². The third-order valence-corrected chi connectivity index (χ3v) is 3.31. The summed E-state index contributed by atoms with van der Waals surface area (Å²) >= 11 is 0. The molecule has 15 heavy (non-hydrogen) atoms. The van der Waals surface area contributed by atoms with Gasteiger partial charge in [-0.1, -0.05) is 0 Å². The lowest BCUT2D eigenvalue weighted by Crippen LogP contribution is -2.54. The summed E-state index contributed by atoms with van der Waals surface area (Å²) < 4.78 is 0. The third-order valence-electron chi connectivity index (χ3n) is 3.31. The van der Waals surface area contributed by atoms with Crippen molar-refractivity contribution >= 4 is 0 Å². The predicted octanol–water partition coefficient (Wildman–Crippen LogP) is -0.407. The molecule has 0 radical (unpaired) electrons. The van der Waals surface area contributed by atoms with E-state index in [2.05, 4.69) is 29.1 Å². The Labute approximate surface area is 93.2 Å². The molecule has 4 nitrogen and oxygen atoms in total. The van der Waals surface area contributed by atoms with Crippen LogP contribution in [0.1, 0.15) is 13.3 Å². The van der Waals surface area contributed by atoms with Crippen LogP contribution in [0.2, 0.25) is 0 Å². The fourth-order valence-corrected chi connectivity index (χ4v) is 2.21. The smallest absolute Gasteiger partial charge is 0.0446 e. The van der Waals surface area contributed by atoms with Gasteiger partial charge in [0.05, 0.1) is 0 Å². The van der Waals surface area contributed by atoms with Crippen LogP contribution in [0.25, 0.3) is 0 Å². The Balaban J connectivity index is 2.35. The van der Waals surface area contributed by atoms with Crippen molar-refractivity contribution in [2.75, 3.05) is 46.9 Å². The maximum Gasteiger partial charge on any atom is 0.0446 e. The molecule has 0 amide bonds. The first-order valence-corrected chi connectivity index (χ1v) is 5.88. The Bertz CT molecular complexity index is 177. The van der Waals surface area contributed by atoms with Crippen molar-refractivity contribution < 1.29 is 5.11 Å². The molecular formula is C11H25N3O. The number of aliphatic hydroxyl groups excluding tert-OH is 1. The van der Waals surface area contributed by atoms with Gasteiger partial charge in [0, 0.05) is 44.9 Å². The number of piperazine rings is 1. The minimum absolute atomic E-state index is 0.271. The van der Waals surface area contributed by atoms with E-state index >= 15 is 0 Å². The molecule has 0 bridgehead atoms. The fourth-order valence-electron chi connectivity index (χ4n) is 2.21. The van der Waals surface area contributed by atoms with Crippen molar-refractivity contribution in [2.24, 2.45) is 0 Å². The molecule has 2 atom stereocenters. The predicted molar refractivity (Wildman–Crippen MR) is 63.1 cm³/mol. The van der Waals surface area contributed by atoms with Crippen LogP contribution >= 0.6 is 0 Å². The summed E-state index contributed by atoms with van der Waals surface area (Å²) in [6, 6.07) is 1.04. The van der Waals surface area contributed by atoms with Crippen LogP contribution in [0, 0.1) is 0 Å². The highest BCUT2D eigenvalue weighted by molar-refractivity contribution is 4.80. The molecule has 0 aromatic rings. The highest BCUT2D eigenvalue weighted by Crippen LogP contribution is 2.09. The van der Waals surface area contributed by atoms with E-state index in [4.69, 9.17) is 5.11 Å². The summed E-state index contributed by atoms with van der Waals surface area (Å²) in [5.41, 5.74) is 0. The van der Waals surface area contributed by atoms with Gasteiger partial charge in [-0.3, -0.25) is 4.90 Å². The van der Waals surface area contributed by atoms with Gasteiger partial charge < -0.3 is 15.3 Å². The molecule has 0 spiro atoms. The van der Waals surface area contributed by atoms with Gasteiger partial charge >= 0.3 is 0 Å². The number of hydrogen-bond acceptors (Lipinski definition) is 4. The topological polar surface area (TPSA) is 38.7 Å². The van der Waals surface area contributed by atoms with Crippen LogP contribution < -0.4 is 5.32 Å². The molecule has 1 heterocycles. The van der Waals surface area contributed by atoms with Gasteiger partial charge in [-0.25, -0.2) is 0 Å². The monoisotopic (exact) mass is 215 g/mol. The molecule has 90 valence electrons. The molecule has 0 saturated carbocycles. The Hall–Kier alpha value is -0.160. The number of nitrogens with one attached hydrogen (secondary N) is 1. The zero-order chi connectivity index (χ0) is 11.3. The molecule has 1 aliphatic rings. The molecule has 4 heteroatoms. The van der Waals surface area contributed by atoms with E-state index in [9.17, 15) is 0 Å². The third kappa shape index (κ3) is 4.07. The largest absolute Gasteiger partial charge is 0.396 e. The summed E-state index contributed by atoms with van der Waals surface area (Å²) in [7, 11) is 4.15. The lowest BCUT2D eigenvalue weighted by molar-refractivity contribution is 0.0875. The minimum atomic E-state index is 0.271. The van der Waals surface area contributed by atoms with Crippen molar-refractivity contribution in [1.29, 1.82) is 0 Å². The van der Waals surface area contributed by atoms with E-state index in [0.29, 0.717) is 12.1 Å². The summed E-state index contributed by atoms with van der Waals surface area (Å²) in [5.74, 6) is 0. The second-order valence-corrected chi connectivity index (χ2v) is 4.60. The Morgan fingerprint density at radius 2 is 2.20 bits per heavy atom. The molecule has 1 saturated heterocycles. The average molecular weight is 215 g/mol. The van der Waals surface area contributed by atoms with Crippen LogP contribution in [0.15, 0.2) is 0 Å². The van der Waals surface area contributed by atoms with Gasteiger partial charge in [0.25, 0.3) is 0 Å². The highest BCUT2D eigenvalue weighted by atomic mass is 16.3. The fraction of sp³-hybridized carbons (Fsp3) is 1.00. The molecule has 1 fully saturated rings. The van der Waals surface area contributed by atoms with Crippen molar-refractivity contribution in [3.8, 4) is 0 Å². The number of aliphatic hydroxyl groups is 1. The van der Waals surface area contributed by atoms with E-state index in [1.54, 1.807) is 0 Å². The molecule has 1 aliphatic heterocycles. The molecule has 2 N–H and O–H groups in total. The first-order chi connectivity index (χ1) is 7.17. The number of hydrogen-bond donors (Lipinski definition) is 2. The van der Waals surface area contributed by atoms with Crippen molar-refractivity contribution in [2.45, 2.75) is 25.4 Å². The Morgan fingerprint density at radius 1 is 1.47 bits per heavy atom. The molecular weight excluding hydrogens is 190 g/mol. The maximum absolute atomic E-state index is 8.94. The van der Waals surface area contributed by atoms with Crippen molar-refractivity contribution in [1.82, 2.24) is 15.1 Å². The van der Waals surface area contributed by atoms with Crippen molar-refractivity contribution in [3.63, 3.8) is 0 Å². The second kappa shape index (κ2) is 6.43. The number of rotatable bonds is 5. The second-order valence-electron chi connectivity index (χ2n) is 4.60. The lowest BCUT2D eigenvalue weighted by atomic mass is 10.1. The summed E-state index contributed by atoms with van der Waals surface area (Å²) in [5, 5.41) is 12.2. The van der Waals surface area contributed by atoms with E-state index in [1.165, 1.54) is 0 Å². The molecule has 0 aliphatic carbocycles. The van der Waals surface area contributed by atoms with Gasteiger partial charge in [-0.05, 0) is 27.4 Å². The van der Waals surface area contributed by atoms with E-state index in [1.807, 2.05) is 7.05 Å². The quantitative estimate of drug-likeness (QED) is 0.654. The maximum atomic E-state index is 8.94. The van der Waals surface area contributed by atoms with Crippen LogP contribution in [-0.4, -0.2) is 73.9 Å². The van der Waals surface area contributed by atoms with Crippen molar-refractivity contribution in [3.05, 3.63) is 0 Å². The van der Waals surface area contributed by atoms with E-state index in [0.717, 1.165) is 32.6 Å². The number of nitrogens with zero attached hydrogens (tertiary/aromatic N) is 2. The molecule has 2 unspecified atom stereocenters. The number of likely N-dealkylation sites (N-methyl/N-ethyl adjacent to an activating group) is 2. The zero-order valence-corrected chi connectivity index (χ0v) is 10.2. The normalized spacial score (nSPS) is 26.8. The standard InChI is InChI=1S/C11H25N3O/c1-10-8-13(3)5-6-14(10)9-11(12-2)4-7-15/h10-12,15H,4-9H2,1-3H3. The van der Waals surface area contributed by atoms with Gasteiger partial charge in [0.2, 0.25) is 0 Å². The van der Waals surface area contributed by atoms with Gasteiger partial charge in [-0.15, -0.1) is 0 Å². The zero-order valence-electron chi connectivity index (χ0n) is 10.2. The molecule has 0 aromatic heterocycles. The average Bonchev–Trinajstić information content (AvgIpc) is 2.21. The van der Waals surface area contributed by atoms with Gasteiger partial charge in [0.15, 0.2) is 0 Å². The first-order valence-electron chi connectivity index (χ1n) is 5.88. The summed E-state index contributed by atoms with van der Waals surface area (Å²) in [6.45, 7) is 7.04. The van der Waals surface area contributed by atoms with Crippen LogP contribution in [0.4, 0.5) is 0 Å². The Morgan fingerprint density at radius 3 is 2.73 bits per heavy atom. The van der Waals surface area contributed by atoms with Gasteiger partial charge in [-0.2, -0.15) is 0 Å². The van der Waals surface area contributed by atoms with Crippen LogP contribution in [0.3, 0.4) is 0 Å². The molecule has 0 aromatic carbocycles.